The maximum absolute atomic E-state index is 14.7. The average molecular weight is 598 g/mol. The van der Waals surface area contributed by atoms with Gasteiger partial charge in [-0.15, -0.1) is 0 Å². The van der Waals surface area contributed by atoms with Crippen LogP contribution in [0.1, 0.15) is 0 Å². The van der Waals surface area contributed by atoms with E-state index >= 15 is 0 Å². The minimum absolute atomic E-state index is 0.144. The smallest absolute Gasteiger partial charge is 0.180 e. The van der Waals surface area contributed by atoms with Gasteiger partial charge >= 0.3 is 0 Å². The van der Waals surface area contributed by atoms with Crippen molar-refractivity contribution < 1.29 is 13.9 Å². The SMILES string of the molecule is Oc1c(-c2ccccc2F)ccc2c1oc1c(-c3ccccc3)nc(-c3cccc(-n4c5ccccc5c5ccccc54)c3)nc12. The fourth-order valence-electron chi connectivity index (χ4n) is 6.50. The van der Waals surface area contributed by atoms with Crippen LogP contribution < -0.4 is 0 Å². The van der Waals surface area contributed by atoms with Crippen molar-refractivity contribution in [1.82, 2.24) is 14.5 Å². The van der Waals surface area contributed by atoms with Gasteiger partial charge in [0.2, 0.25) is 0 Å². The number of para-hydroxylation sites is 2. The molecule has 0 bridgehead atoms. The molecule has 5 nitrogen and oxygen atoms in total. The zero-order chi connectivity index (χ0) is 30.8. The molecule has 0 amide bonds. The number of furan rings is 1. The summed E-state index contributed by atoms with van der Waals surface area (Å²) in [7, 11) is 0. The lowest BCUT2D eigenvalue weighted by Gasteiger charge is -2.11. The topological polar surface area (TPSA) is 64.1 Å². The van der Waals surface area contributed by atoms with Gasteiger partial charge in [0.1, 0.15) is 17.0 Å². The number of phenolic OH excluding ortho intramolecular Hbond substituents is 1. The van der Waals surface area contributed by atoms with Crippen molar-refractivity contribution >= 4 is 43.9 Å². The second-order valence-corrected chi connectivity index (χ2v) is 11.3. The Balaban J connectivity index is 1.28. The van der Waals surface area contributed by atoms with E-state index in [0.717, 1.165) is 27.8 Å². The van der Waals surface area contributed by atoms with E-state index in [1.165, 1.54) is 16.8 Å². The fourth-order valence-corrected chi connectivity index (χ4v) is 6.50. The van der Waals surface area contributed by atoms with E-state index < -0.39 is 5.82 Å². The lowest BCUT2D eigenvalue weighted by molar-refractivity contribution is 0.470. The molecule has 0 saturated carbocycles. The molecule has 6 aromatic carbocycles. The number of aromatic nitrogens is 3. The molecule has 0 saturated heterocycles. The number of halogens is 1. The van der Waals surface area contributed by atoms with E-state index in [1.54, 1.807) is 24.3 Å². The van der Waals surface area contributed by atoms with Crippen LogP contribution in [0.5, 0.6) is 5.75 Å². The molecule has 3 aromatic heterocycles. The minimum atomic E-state index is -0.427. The van der Waals surface area contributed by atoms with Crippen molar-refractivity contribution in [3.05, 3.63) is 145 Å². The maximum atomic E-state index is 14.7. The van der Waals surface area contributed by atoms with E-state index in [4.69, 9.17) is 14.4 Å². The lowest BCUT2D eigenvalue weighted by Crippen LogP contribution is -1.97. The first-order valence-corrected chi connectivity index (χ1v) is 15.0. The number of nitrogens with zero attached hydrogens (tertiary/aromatic N) is 3. The van der Waals surface area contributed by atoms with Crippen LogP contribution in [0.25, 0.3) is 83.3 Å². The summed E-state index contributed by atoms with van der Waals surface area (Å²) >= 11 is 0. The standard InChI is InChI=1S/C40H24FN3O2/c41-32-18-7-4-15-27(32)30-21-22-31-36-39(46-38(31)37(30)45)35(24-11-2-1-3-12-24)42-40(43-36)25-13-10-14-26(23-25)44-33-19-8-5-16-28(33)29-17-6-9-20-34(29)44/h1-23,45H. The summed E-state index contributed by atoms with van der Waals surface area (Å²) in [6.07, 6.45) is 0. The average Bonchev–Trinajstić information content (AvgIpc) is 3.66. The van der Waals surface area contributed by atoms with Crippen molar-refractivity contribution in [3.63, 3.8) is 0 Å². The molecule has 0 aliphatic heterocycles. The first-order valence-electron chi connectivity index (χ1n) is 15.0. The van der Waals surface area contributed by atoms with Crippen molar-refractivity contribution in [2.24, 2.45) is 0 Å². The van der Waals surface area contributed by atoms with Crippen molar-refractivity contribution in [2.45, 2.75) is 0 Å². The zero-order valence-corrected chi connectivity index (χ0v) is 24.4. The van der Waals surface area contributed by atoms with Gasteiger partial charge in [-0.1, -0.05) is 97.1 Å². The molecule has 3 heterocycles. The van der Waals surface area contributed by atoms with Crippen LogP contribution in [-0.4, -0.2) is 19.6 Å². The zero-order valence-electron chi connectivity index (χ0n) is 24.4. The number of aromatic hydroxyl groups is 1. The van der Waals surface area contributed by atoms with Gasteiger partial charge < -0.3 is 14.1 Å². The predicted molar refractivity (Wildman–Crippen MR) is 182 cm³/mol. The number of phenols is 1. The van der Waals surface area contributed by atoms with Crippen LogP contribution in [0.2, 0.25) is 0 Å². The summed E-state index contributed by atoms with van der Waals surface area (Å²) in [5, 5.41) is 14.4. The fraction of sp³-hybridized carbons (Fsp3) is 0. The van der Waals surface area contributed by atoms with E-state index in [0.29, 0.717) is 39.1 Å². The molecule has 0 radical (unpaired) electrons. The quantitative estimate of drug-likeness (QED) is 0.219. The Labute approximate surface area is 262 Å². The maximum Gasteiger partial charge on any atom is 0.180 e. The predicted octanol–water partition coefficient (Wildman–Crippen LogP) is 10.3. The van der Waals surface area contributed by atoms with Gasteiger partial charge in [0.05, 0.1) is 16.4 Å². The Kier molecular flexibility index (Phi) is 5.77. The third-order valence-electron chi connectivity index (χ3n) is 8.61. The van der Waals surface area contributed by atoms with Gasteiger partial charge in [-0.05, 0) is 42.5 Å². The molecule has 46 heavy (non-hydrogen) atoms. The Morgan fingerprint density at radius 2 is 1.24 bits per heavy atom. The van der Waals surface area contributed by atoms with Crippen LogP contribution in [0.15, 0.2) is 144 Å². The second kappa shape index (κ2) is 10.1. The van der Waals surface area contributed by atoms with Crippen LogP contribution in [0, 0.1) is 5.82 Å². The molecule has 0 aliphatic rings. The number of hydrogen-bond donors (Lipinski definition) is 1. The number of benzene rings is 6. The number of fused-ring (bicyclic) bond motifs is 6. The minimum Gasteiger partial charge on any atom is -0.504 e. The summed E-state index contributed by atoms with van der Waals surface area (Å²) in [4.78, 5) is 10.1. The third-order valence-corrected chi connectivity index (χ3v) is 8.61. The molecular weight excluding hydrogens is 573 g/mol. The van der Waals surface area contributed by atoms with E-state index in [-0.39, 0.29) is 11.3 Å². The van der Waals surface area contributed by atoms with E-state index in [9.17, 15) is 9.50 Å². The summed E-state index contributed by atoms with van der Waals surface area (Å²) in [6, 6.07) is 44.7. The Bertz CT molecular complexity index is 2570. The summed E-state index contributed by atoms with van der Waals surface area (Å²) in [5.41, 5.74) is 7.39. The second-order valence-electron chi connectivity index (χ2n) is 11.3. The number of hydrogen-bond acceptors (Lipinski definition) is 4. The third kappa shape index (κ3) is 3.94. The largest absolute Gasteiger partial charge is 0.504 e. The van der Waals surface area contributed by atoms with Crippen LogP contribution in [0.3, 0.4) is 0 Å². The monoisotopic (exact) mass is 597 g/mol. The molecule has 218 valence electrons. The molecule has 6 heteroatoms. The normalized spacial score (nSPS) is 11.7. The highest BCUT2D eigenvalue weighted by molar-refractivity contribution is 6.11. The first kappa shape index (κ1) is 26.2. The highest BCUT2D eigenvalue weighted by atomic mass is 19.1. The van der Waals surface area contributed by atoms with Crippen LogP contribution >= 0.6 is 0 Å². The van der Waals surface area contributed by atoms with Crippen molar-refractivity contribution in [2.75, 3.05) is 0 Å². The highest BCUT2D eigenvalue weighted by Crippen LogP contribution is 2.43. The van der Waals surface area contributed by atoms with E-state index in [2.05, 4.69) is 65.2 Å². The van der Waals surface area contributed by atoms with Gasteiger partial charge in [-0.2, -0.15) is 0 Å². The van der Waals surface area contributed by atoms with Gasteiger partial charge in [0.25, 0.3) is 0 Å². The van der Waals surface area contributed by atoms with Gasteiger partial charge in [-0.25, -0.2) is 14.4 Å². The van der Waals surface area contributed by atoms with Gasteiger partial charge in [-0.3, -0.25) is 0 Å². The molecule has 0 spiro atoms. The molecule has 0 aliphatic carbocycles. The molecule has 0 atom stereocenters. The highest BCUT2D eigenvalue weighted by Gasteiger charge is 2.22. The molecule has 9 aromatic rings. The van der Waals surface area contributed by atoms with Gasteiger partial charge in [0.15, 0.2) is 22.7 Å². The lowest BCUT2D eigenvalue weighted by atomic mass is 10.0. The van der Waals surface area contributed by atoms with E-state index in [1.807, 2.05) is 48.5 Å². The Hall–Kier alpha value is -6.27. The van der Waals surface area contributed by atoms with Crippen molar-refractivity contribution in [1.29, 1.82) is 0 Å². The molecular formula is C40H24FN3O2. The Morgan fingerprint density at radius 3 is 2.00 bits per heavy atom. The summed E-state index contributed by atoms with van der Waals surface area (Å²) < 4.78 is 23.3. The van der Waals surface area contributed by atoms with Gasteiger partial charge in [0, 0.05) is 38.7 Å². The summed E-state index contributed by atoms with van der Waals surface area (Å²) in [5.74, 6) is -0.0488. The molecule has 9 rings (SSSR count). The number of rotatable bonds is 4. The Morgan fingerprint density at radius 1 is 0.565 bits per heavy atom. The van der Waals surface area contributed by atoms with Crippen LogP contribution in [0.4, 0.5) is 4.39 Å². The molecule has 0 fully saturated rings. The first-order chi connectivity index (χ1) is 22.7. The summed E-state index contributed by atoms with van der Waals surface area (Å²) in [6.45, 7) is 0. The van der Waals surface area contributed by atoms with Crippen LogP contribution in [-0.2, 0) is 0 Å². The molecule has 1 N–H and O–H groups in total. The van der Waals surface area contributed by atoms with Crippen molar-refractivity contribution in [3.8, 4) is 45.2 Å². The molecule has 0 unspecified atom stereocenters.